The fourth-order valence-corrected chi connectivity index (χ4v) is 1.80. The van der Waals surface area contributed by atoms with E-state index in [-0.39, 0.29) is 6.10 Å². The quantitative estimate of drug-likeness (QED) is 0.818. The van der Waals surface area contributed by atoms with Crippen molar-refractivity contribution in [2.45, 2.75) is 32.4 Å². The first-order valence-corrected chi connectivity index (χ1v) is 6.04. The SMILES string of the molecule is CCNC(C)Cc1nc(C2COCCO2)no1. The molecule has 1 saturated heterocycles. The molecule has 0 saturated carbocycles. The van der Waals surface area contributed by atoms with Crippen molar-refractivity contribution in [3.05, 3.63) is 11.7 Å². The van der Waals surface area contributed by atoms with Crippen LogP contribution in [-0.2, 0) is 15.9 Å². The van der Waals surface area contributed by atoms with Crippen molar-refractivity contribution in [3.63, 3.8) is 0 Å². The highest BCUT2D eigenvalue weighted by atomic mass is 16.6. The summed E-state index contributed by atoms with van der Waals surface area (Å²) in [6.45, 7) is 6.82. The van der Waals surface area contributed by atoms with Gasteiger partial charge in [-0.2, -0.15) is 4.98 Å². The molecule has 2 heterocycles. The standard InChI is InChI=1S/C11H19N3O3/c1-3-12-8(2)6-10-13-11(14-17-10)9-7-15-4-5-16-9/h8-9,12H,3-7H2,1-2H3. The fourth-order valence-electron chi connectivity index (χ4n) is 1.80. The number of likely N-dealkylation sites (N-methyl/N-ethyl adjacent to an activating group) is 1. The summed E-state index contributed by atoms with van der Waals surface area (Å²) in [6.07, 6.45) is 0.546. The van der Waals surface area contributed by atoms with Gasteiger partial charge in [-0.25, -0.2) is 0 Å². The average molecular weight is 241 g/mol. The molecule has 1 N–H and O–H groups in total. The Balaban J connectivity index is 1.90. The number of rotatable bonds is 5. The third-order valence-electron chi connectivity index (χ3n) is 2.62. The maximum Gasteiger partial charge on any atom is 0.228 e. The summed E-state index contributed by atoms with van der Waals surface area (Å²) in [4.78, 5) is 4.33. The molecule has 0 spiro atoms. The van der Waals surface area contributed by atoms with Gasteiger partial charge in [0.05, 0.1) is 19.8 Å². The second-order valence-electron chi connectivity index (χ2n) is 4.14. The third kappa shape index (κ3) is 3.49. The molecule has 6 heteroatoms. The van der Waals surface area contributed by atoms with Crippen LogP contribution in [0.15, 0.2) is 4.52 Å². The van der Waals surface area contributed by atoms with Crippen LogP contribution in [0.1, 0.15) is 31.7 Å². The molecule has 96 valence electrons. The van der Waals surface area contributed by atoms with E-state index in [1.54, 1.807) is 0 Å². The normalized spacial score (nSPS) is 22.6. The van der Waals surface area contributed by atoms with E-state index in [1.165, 1.54) is 0 Å². The first-order chi connectivity index (χ1) is 8.29. The van der Waals surface area contributed by atoms with E-state index < -0.39 is 0 Å². The second-order valence-corrected chi connectivity index (χ2v) is 4.14. The molecule has 6 nitrogen and oxygen atoms in total. The van der Waals surface area contributed by atoms with E-state index in [0.29, 0.717) is 37.6 Å². The number of aromatic nitrogens is 2. The highest BCUT2D eigenvalue weighted by Gasteiger charge is 2.22. The molecule has 0 bridgehead atoms. The molecule has 1 aromatic heterocycles. The molecule has 1 aromatic rings. The van der Waals surface area contributed by atoms with E-state index in [1.807, 2.05) is 0 Å². The van der Waals surface area contributed by atoms with Crippen LogP contribution in [0.25, 0.3) is 0 Å². The van der Waals surface area contributed by atoms with Gasteiger partial charge < -0.3 is 19.3 Å². The summed E-state index contributed by atoms with van der Waals surface area (Å²) in [5.41, 5.74) is 0. The lowest BCUT2D eigenvalue weighted by Crippen LogP contribution is -2.27. The van der Waals surface area contributed by atoms with Crippen LogP contribution < -0.4 is 5.32 Å². The molecule has 2 atom stereocenters. The van der Waals surface area contributed by atoms with Crippen LogP contribution in [0.3, 0.4) is 0 Å². The van der Waals surface area contributed by atoms with Gasteiger partial charge in [0.1, 0.15) is 6.10 Å². The predicted octanol–water partition coefficient (Wildman–Crippen LogP) is 0.698. The Labute approximate surface area is 101 Å². The first-order valence-electron chi connectivity index (χ1n) is 6.04. The molecule has 1 fully saturated rings. The Kier molecular flexibility index (Phi) is 4.47. The van der Waals surface area contributed by atoms with E-state index in [2.05, 4.69) is 29.3 Å². The minimum Gasteiger partial charge on any atom is -0.376 e. The lowest BCUT2D eigenvalue weighted by atomic mass is 10.2. The first kappa shape index (κ1) is 12.5. The van der Waals surface area contributed by atoms with Crippen LogP contribution in [-0.4, -0.2) is 42.5 Å². The summed E-state index contributed by atoms with van der Waals surface area (Å²) in [7, 11) is 0. The summed E-state index contributed by atoms with van der Waals surface area (Å²) < 4.78 is 16.0. The van der Waals surface area contributed by atoms with Crippen molar-refractivity contribution in [2.24, 2.45) is 0 Å². The van der Waals surface area contributed by atoms with Gasteiger partial charge in [0.25, 0.3) is 0 Å². The summed E-state index contributed by atoms with van der Waals surface area (Å²) in [5.74, 6) is 1.23. The zero-order valence-electron chi connectivity index (χ0n) is 10.3. The van der Waals surface area contributed by atoms with Gasteiger partial charge in [-0.05, 0) is 13.5 Å². The molecule has 2 rings (SSSR count). The smallest absolute Gasteiger partial charge is 0.228 e. The average Bonchev–Trinajstić information content (AvgIpc) is 2.79. The largest absolute Gasteiger partial charge is 0.376 e. The highest BCUT2D eigenvalue weighted by Crippen LogP contribution is 2.17. The van der Waals surface area contributed by atoms with Crippen LogP contribution in [0.2, 0.25) is 0 Å². The molecule has 1 aliphatic rings. The van der Waals surface area contributed by atoms with Crippen molar-refractivity contribution in [1.82, 2.24) is 15.5 Å². The molecule has 2 unspecified atom stereocenters. The maximum atomic E-state index is 5.50. The third-order valence-corrected chi connectivity index (χ3v) is 2.62. The number of hydrogen-bond donors (Lipinski definition) is 1. The van der Waals surface area contributed by atoms with Gasteiger partial charge in [-0.15, -0.1) is 0 Å². The number of nitrogens with one attached hydrogen (secondary N) is 1. The van der Waals surface area contributed by atoms with Gasteiger partial charge in [0.2, 0.25) is 11.7 Å². The van der Waals surface area contributed by atoms with Crippen LogP contribution in [0, 0.1) is 0 Å². The zero-order chi connectivity index (χ0) is 12.1. The maximum absolute atomic E-state index is 5.50. The van der Waals surface area contributed by atoms with Crippen molar-refractivity contribution in [2.75, 3.05) is 26.4 Å². The van der Waals surface area contributed by atoms with Crippen molar-refractivity contribution >= 4 is 0 Å². The number of nitrogens with zero attached hydrogens (tertiary/aromatic N) is 2. The lowest BCUT2D eigenvalue weighted by Gasteiger charge is -2.19. The molecule has 0 aromatic carbocycles. The summed E-state index contributed by atoms with van der Waals surface area (Å²) in [6, 6.07) is 0.330. The molecular formula is C11H19N3O3. The molecule has 0 amide bonds. The van der Waals surface area contributed by atoms with Gasteiger partial charge in [0.15, 0.2) is 0 Å². The topological polar surface area (TPSA) is 69.4 Å². The summed E-state index contributed by atoms with van der Waals surface area (Å²) in [5, 5.41) is 7.23. The Hall–Kier alpha value is -0.980. The number of hydrogen-bond acceptors (Lipinski definition) is 6. The lowest BCUT2D eigenvalue weighted by molar-refractivity contribution is -0.0941. The van der Waals surface area contributed by atoms with Gasteiger partial charge >= 0.3 is 0 Å². The van der Waals surface area contributed by atoms with E-state index in [0.717, 1.165) is 13.0 Å². The highest BCUT2D eigenvalue weighted by molar-refractivity contribution is 4.93. The second kappa shape index (κ2) is 6.09. The zero-order valence-corrected chi connectivity index (χ0v) is 10.3. The molecule has 0 radical (unpaired) electrons. The van der Waals surface area contributed by atoms with E-state index >= 15 is 0 Å². The monoisotopic (exact) mass is 241 g/mol. The van der Waals surface area contributed by atoms with Crippen LogP contribution >= 0.6 is 0 Å². The number of ether oxygens (including phenoxy) is 2. The molecule has 0 aliphatic carbocycles. The summed E-state index contributed by atoms with van der Waals surface area (Å²) >= 11 is 0. The Morgan fingerprint density at radius 1 is 1.47 bits per heavy atom. The molecule has 17 heavy (non-hydrogen) atoms. The van der Waals surface area contributed by atoms with Crippen molar-refractivity contribution < 1.29 is 14.0 Å². The van der Waals surface area contributed by atoms with Crippen LogP contribution in [0.4, 0.5) is 0 Å². The Morgan fingerprint density at radius 2 is 2.35 bits per heavy atom. The van der Waals surface area contributed by atoms with Crippen molar-refractivity contribution in [1.29, 1.82) is 0 Å². The minimum absolute atomic E-state index is 0.185. The molecule has 1 aliphatic heterocycles. The minimum atomic E-state index is -0.185. The van der Waals surface area contributed by atoms with Gasteiger partial charge in [0, 0.05) is 12.5 Å². The van der Waals surface area contributed by atoms with Gasteiger partial charge in [-0.3, -0.25) is 0 Å². The molecular weight excluding hydrogens is 222 g/mol. The Bertz CT molecular complexity index is 336. The van der Waals surface area contributed by atoms with E-state index in [9.17, 15) is 0 Å². The fraction of sp³-hybridized carbons (Fsp3) is 0.818. The van der Waals surface area contributed by atoms with Crippen molar-refractivity contribution in [3.8, 4) is 0 Å². The Morgan fingerprint density at radius 3 is 3.06 bits per heavy atom. The van der Waals surface area contributed by atoms with Crippen LogP contribution in [0.5, 0.6) is 0 Å². The van der Waals surface area contributed by atoms with Gasteiger partial charge in [-0.1, -0.05) is 12.1 Å². The van der Waals surface area contributed by atoms with E-state index in [4.69, 9.17) is 14.0 Å². The predicted molar refractivity (Wildman–Crippen MR) is 60.7 cm³/mol.